The summed E-state index contributed by atoms with van der Waals surface area (Å²) < 4.78 is 39.3. The number of fused-ring (bicyclic) bond motifs is 1. The second-order valence-electron chi connectivity index (χ2n) is 7.10. The van der Waals surface area contributed by atoms with Crippen LogP contribution in [0.15, 0.2) is 41.3 Å². The van der Waals surface area contributed by atoms with E-state index in [2.05, 4.69) is 9.97 Å². The fourth-order valence-electron chi connectivity index (χ4n) is 3.14. The summed E-state index contributed by atoms with van der Waals surface area (Å²) in [6, 6.07) is 9.02. The zero-order valence-electron chi connectivity index (χ0n) is 17.0. The summed E-state index contributed by atoms with van der Waals surface area (Å²) in [6.45, 7) is 3.87. The lowest BCUT2D eigenvalue weighted by Crippen LogP contribution is -2.03. The summed E-state index contributed by atoms with van der Waals surface area (Å²) in [6.07, 6.45) is -4.45. The molecule has 0 atom stereocenters. The molecule has 0 radical (unpaired) electrons. The highest BCUT2D eigenvalue weighted by atomic mass is 32.2. The van der Waals surface area contributed by atoms with Crippen LogP contribution in [0, 0.1) is 13.8 Å². The fraction of sp³-hybridized carbons (Fsp3) is 0.227. The van der Waals surface area contributed by atoms with E-state index in [0.29, 0.717) is 21.3 Å². The summed E-state index contributed by atoms with van der Waals surface area (Å²) >= 11 is 4.50. The van der Waals surface area contributed by atoms with Crippen molar-refractivity contribution in [2.45, 2.75) is 37.1 Å². The topological polar surface area (TPSA) is 63.1 Å². The fourth-order valence-corrected chi connectivity index (χ4v) is 6.41. The predicted octanol–water partition coefficient (Wildman–Crippen LogP) is 6.97. The van der Waals surface area contributed by atoms with Crippen molar-refractivity contribution < 1.29 is 23.1 Å². The Kier molecular flexibility index (Phi) is 6.28. The number of thioether (sulfide) groups is 1. The molecule has 2 heterocycles. The Bertz CT molecular complexity index is 1290. The van der Waals surface area contributed by atoms with Gasteiger partial charge in [0.25, 0.3) is 0 Å². The Morgan fingerprint density at radius 1 is 1.06 bits per heavy atom. The molecule has 0 spiro atoms. The highest BCUT2D eigenvalue weighted by molar-refractivity contribution is 7.98. The molecule has 2 aromatic heterocycles. The molecule has 32 heavy (non-hydrogen) atoms. The molecule has 0 aliphatic carbocycles. The Balaban J connectivity index is 1.52. The predicted molar refractivity (Wildman–Crippen MR) is 123 cm³/mol. The van der Waals surface area contributed by atoms with Crippen LogP contribution >= 0.6 is 34.4 Å². The van der Waals surface area contributed by atoms with Gasteiger partial charge in [-0.3, -0.25) is 4.79 Å². The van der Waals surface area contributed by atoms with Crippen LogP contribution < -0.4 is 0 Å². The quantitative estimate of drug-likeness (QED) is 0.293. The number of carboxylic acids is 1. The maximum atomic E-state index is 12.8. The third kappa shape index (κ3) is 4.82. The van der Waals surface area contributed by atoms with E-state index in [1.165, 1.54) is 34.8 Å². The van der Waals surface area contributed by atoms with Gasteiger partial charge in [-0.1, -0.05) is 12.1 Å². The number of halogens is 3. The number of thiazole rings is 2. The van der Waals surface area contributed by atoms with Crippen molar-refractivity contribution in [1.82, 2.24) is 9.97 Å². The minimum Gasteiger partial charge on any atom is -0.481 e. The Morgan fingerprint density at radius 2 is 1.78 bits per heavy atom. The molecular weight excluding hydrogens is 477 g/mol. The van der Waals surface area contributed by atoms with Crippen LogP contribution in [0.2, 0.25) is 0 Å². The number of benzene rings is 2. The van der Waals surface area contributed by atoms with Crippen LogP contribution in [0.25, 0.3) is 20.8 Å². The van der Waals surface area contributed by atoms with E-state index in [-0.39, 0.29) is 6.42 Å². The third-order valence-corrected chi connectivity index (χ3v) is 8.42. The van der Waals surface area contributed by atoms with Gasteiger partial charge in [-0.15, -0.1) is 34.4 Å². The molecular formula is C22H17F3N2O2S3. The first kappa shape index (κ1) is 22.8. The molecule has 4 rings (SSSR count). The van der Waals surface area contributed by atoms with Crippen molar-refractivity contribution in [3.8, 4) is 10.6 Å². The van der Waals surface area contributed by atoms with E-state index in [9.17, 15) is 18.0 Å². The normalized spacial score (nSPS) is 11.9. The highest BCUT2D eigenvalue weighted by Gasteiger charge is 2.30. The summed E-state index contributed by atoms with van der Waals surface area (Å²) in [5.41, 5.74) is 2.67. The lowest BCUT2D eigenvalue weighted by Gasteiger charge is -2.06. The van der Waals surface area contributed by atoms with Crippen LogP contribution in [0.5, 0.6) is 0 Å². The van der Waals surface area contributed by atoms with Crippen LogP contribution in [-0.4, -0.2) is 21.0 Å². The van der Waals surface area contributed by atoms with E-state index < -0.39 is 17.7 Å². The largest absolute Gasteiger partial charge is 0.481 e. The number of hydrogen-bond donors (Lipinski definition) is 1. The molecule has 10 heteroatoms. The van der Waals surface area contributed by atoms with E-state index in [4.69, 9.17) is 5.11 Å². The van der Waals surface area contributed by atoms with Gasteiger partial charge in [0.05, 0.1) is 27.9 Å². The van der Waals surface area contributed by atoms with Crippen molar-refractivity contribution in [1.29, 1.82) is 0 Å². The maximum absolute atomic E-state index is 12.8. The van der Waals surface area contributed by atoms with Crippen molar-refractivity contribution >= 4 is 50.6 Å². The summed E-state index contributed by atoms with van der Waals surface area (Å²) in [5.74, 6) is -0.233. The minimum absolute atomic E-state index is 0.0892. The van der Waals surface area contributed by atoms with Crippen LogP contribution in [-0.2, 0) is 23.1 Å². The van der Waals surface area contributed by atoms with Gasteiger partial charge in [0.15, 0.2) is 0 Å². The smallest absolute Gasteiger partial charge is 0.416 e. The lowest BCUT2D eigenvalue weighted by molar-refractivity contribution is -0.138. The first-order chi connectivity index (χ1) is 15.1. The van der Waals surface area contributed by atoms with Crippen LogP contribution in [0.3, 0.4) is 0 Å². The van der Waals surface area contributed by atoms with Crippen LogP contribution in [0.4, 0.5) is 13.2 Å². The van der Waals surface area contributed by atoms with Crippen molar-refractivity contribution in [3.63, 3.8) is 0 Å². The molecule has 0 aliphatic rings. The van der Waals surface area contributed by atoms with E-state index in [1.54, 1.807) is 11.8 Å². The van der Waals surface area contributed by atoms with Gasteiger partial charge in [-0.2, -0.15) is 13.2 Å². The average Bonchev–Trinajstić information content (AvgIpc) is 3.30. The zero-order valence-corrected chi connectivity index (χ0v) is 19.4. The second-order valence-corrected chi connectivity index (χ2v) is 10.3. The summed E-state index contributed by atoms with van der Waals surface area (Å²) in [5, 5.41) is 10.3. The van der Waals surface area contributed by atoms with Crippen molar-refractivity contribution in [2.24, 2.45) is 0 Å². The number of nitrogens with zero attached hydrogens (tertiary/aromatic N) is 2. The van der Waals surface area contributed by atoms with Gasteiger partial charge in [0.1, 0.15) is 10.0 Å². The molecule has 0 unspecified atom stereocenters. The number of carbonyl (C=O) groups is 1. The van der Waals surface area contributed by atoms with Gasteiger partial charge in [0.2, 0.25) is 0 Å². The SMILES string of the molecule is Cc1nc(-c2ccc(C(F)(F)F)cc2)sc1CSc1ccc2sc(CC(=O)O)nc2c1C. The number of aliphatic carboxylic acids is 1. The van der Waals surface area contributed by atoms with Gasteiger partial charge in [-0.25, -0.2) is 9.97 Å². The number of alkyl halides is 3. The van der Waals surface area contributed by atoms with Gasteiger partial charge in [-0.05, 0) is 43.7 Å². The number of rotatable bonds is 6. The Hall–Kier alpha value is -2.43. The molecule has 4 nitrogen and oxygen atoms in total. The minimum atomic E-state index is -4.36. The van der Waals surface area contributed by atoms with Gasteiger partial charge >= 0.3 is 12.1 Å². The number of aromatic nitrogens is 2. The molecule has 0 amide bonds. The molecule has 4 aromatic rings. The average molecular weight is 495 g/mol. The van der Waals surface area contributed by atoms with Gasteiger partial charge in [0, 0.05) is 21.1 Å². The number of carboxylic acid groups (broad SMARTS) is 1. The van der Waals surface area contributed by atoms with Crippen molar-refractivity contribution in [2.75, 3.05) is 0 Å². The highest BCUT2D eigenvalue weighted by Crippen LogP contribution is 2.37. The summed E-state index contributed by atoms with van der Waals surface area (Å²) in [4.78, 5) is 22.1. The first-order valence-electron chi connectivity index (χ1n) is 9.49. The number of hydrogen-bond acceptors (Lipinski definition) is 6. The molecule has 2 aromatic carbocycles. The number of aryl methyl sites for hydroxylation is 2. The van der Waals surface area contributed by atoms with Gasteiger partial charge < -0.3 is 5.11 Å². The van der Waals surface area contributed by atoms with Crippen LogP contribution in [0.1, 0.15) is 26.7 Å². The molecule has 0 bridgehead atoms. The molecule has 0 fully saturated rings. The molecule has 0 saturated carbocycles. The van der Waals surface area contributed by atoms with E-state index >= 15 is 0 Å². The Labute approximate surface area is 194 Å². The molecule has 0 aliphatic heterocycles. The molecule has 1 N–H and O–H groups in total. The van der Waals surface area contributed by atoms with E-state index in [0.717, 1.165) is 43.4 Å². The second kappa shape index (κ2) is 8.84. The molecule has 0 saturated heterocycles. The van der Waals surface area contributed by atoms with E-state index in [1.807, 2.05) is 26.0 Å². The zero-order chi connectivity index (χ0) is 23.0. The standard InChI is InChI=1S/C22H17F3N2O2S3/c1-11-15(7-8-16-20(11)27-18(31-16)9-19(28)29)30-10-17-12(2)26-21(32-17)13-3-5-14(6-4-13)22(23,24)25/h3-8H,9-10H2,1-2H3,(H,28,29). The first-order valence-corrected chi connectivity index (χ1v) is 12.1. The lowest BCUT2D eigenvalue weighted by atomic mass is 10.1. The monoisotopic (exact) mass is 494 g/mol. The maximum Gasteiger partial charge on any atom is 0.416 e. The summed E-state index contributed by atoms with van der Waals surface area (Å²) in [7, 11) is 0. The van der Waals surface area contributed by atoms with Crippen molar-refractivity contribution in [3.05, 3.63) is 63.1 Å². The molecule has 166 valence electrons. The third-order valence-electron chi connectivity index (χ3n) is 4.82. The Morgan fingerprint density at radius 3 is 2.44 bits per heavy atom.